The molecule has 0 N–H and O–H groups in total. The lowest BCUT2D eigenvalue weighted by Gasteiger charge is -2.45. The highest BCUT2D eigenvalue weighted by Crippen LogP contribution is 2.19. The number of alkyl halides is 1. The predicted octanol–water partition coefficient (Wildman–Crippen LogP) is 1.56. The van der Waals surface area contributed by atoms with Gasteiger partial charge >= 0.3 is 0 Å². The maximum Gasteiger partial charge on any atom is 0.222 e. The molecule has 88 valence electrons. The molecule has 1 aliphatic rings. The molecule has 0 atom stereocenters. The summed E-state index contributed by atoms with van der Waals surface area (Å²) in [6, 6.07) is 0. The zero-order valence-electron chi connectivity index (χ0n) is 9.92. The first-order valence-corrected chi connectivity index (χ1v) is 6.06. The number of hydrogen-bond donors (Lipinski definition) is 0. The van der Waals surface area contributed by atoms with E-state index >= 15 is 0 Å². The lowest BCUT2D eigenvalue weighted by molar-refractivity contribution is -0.135. The minimum Gasteiger partial charge on any atom is -0.340 e. The van der Waals surface area contributed by atoms with Gasteiger partial charge in [-0.2, -0.15) is 0 Å². The van der Waals surface area contributed by atoms with E-state index in [2.05, 4.69) is 25.8 Å². The van der Waals surface area contributed by atoms with Gasteiger partial charge in [0.25, 0.3) is 0 Å². The molecule has 1 saturated heterocycles. The molecule has 15 heavy (non-hydrogen) atoms. The number of piperazine rings is 1. The molecular formula is C11H21ClN2O. The fraction of sp³-hybridized carbons (Fsp3) is 0.909. The van der Waals surface area contributed by atoms with E-state index in [4.69, 9.17) is 11.6 Å². The number of likely N-dealkylation sites (N-methyl/N-ethyl adjacent to an activating group) is 1. The third-order valence-electron chi connectivity index (χ3n) is 3.19. The summed E-state index contributed by atoms with van der Waals surface area (Å²) in [7, 11) is 2.11. The predicted molar refractivity (Wildman–Crippen MR) is 63.2 cm³/mol. The fourth-order valence-corrected chi connectivity index (χ4v) is 1.96. The van der Waals surface area contributed by atoms with Crippen molar-refractivity contribution in [1.82, 2.24) is 9.80 Å². The number of rotatable bonds is 3. The second kappa shape index (κ2) is 5.17. The zero-order chi connectivity index (χ0) is 11.5. The van der Waals surface area contributed by atoms with Gasteiger partial charge in [-0.3, -0.25) is 9.69 Å². The summed E-state index contributed by atoms with van der Waals surface area (Å²) >= 11 is 5.58. The Balaban J connectivity index is 2.48. The van der Waals surface area contributed by atoms with E-state index in [1.165, 1.54) is 0 Å². The van der Waals surface area contributed by atoms with Gasteiger partial charge in [-0.25, -0.2) is 0 Å². The summed E-state index contributed by atoms with van der Waals surface area (Å²) < 4.78 is 0. The number of carbonyl (C=O) groups excluding carboxylic acids is 1. The summed E-state index contributed by atoms with van der Waals surface area (Å²) in [5, 5.41) is 0. The SMILES string of the molecule is CN1CCN(C(=O)CCCCl)CC1(C)C. The van der Waals surface area contributed by atoms with Crippen LogP contribution >= 0.6 is 11.6 Å². The van der Waals surface area contributed by atoms with Gasteiger partial charge in [0.1, 0.15) is 0 Å². The van der Waals surface area contributed by atoms with Gasteiger partial charge in [-0.15, -0.1) is 11.6 Å². The van der Waals surface area contributed by atoms with Gasteiger partial charge in [0.15, 0.2) is 0 Å². The molecule has 1 amide bonds. The molecule has 0 aromatic heterocycles. The first kappa shape index (κ1) is 12.8. The van der Waals surface area contributed by atoms with Gasteiger partial charge in [0.2, 0.25) is 5.91 Å². The van der Waals surface area contributed by atoms with E-state index in [0.29, 0.717) is 12.3 Å². The van der Waals surface area contributed by atoms with Crippen molar-refractivity contribution in [3.05, 3.63) is 0 Å². The van der Waals surface area contributed by atoms with Gasteiger partial charge in [-0.1, -0.05) is 0 Å². The molecule has 1 rings (SSSR count). The van der Waals surface area contributed by atoms with E-state index in [9.17, 15) is 4.79 Å². The zero-order valence-corrected chi connectivity index (χ0v) is 10.7. The van der Waals surface area contributed by atoms with Gasteiger partial charge < -0.3 is 4.90 Å². The second-order valence-electron chi connectivity index (χ2n) is 4.84. The quantitative estimate of drug-likeness (QED) is 0.690. The summed E-state index contributed by atoms with van der Waals surface area (Å²) in [6.45, 7) is 6.98. The van der Waals surface area contributed by atoms with Crippen LogP contribution in [0.3, 0.4) is 0 Å². The molecule has 0 aliphatic carbocycles. The van der Waals surface area contributed by atoms with E-state index < -0.39 is 0 Å². The van der Waals surface area contributed by atoms with Crippen molar-refractivity contribution in [2.75, 3.05) is 32.6 Å². The van der Waals surface area contributed by atoms with E-state index in [1.54, 1.807) is 0 Å². The van der Waals surface area contributed by atoms with Crippen LogP contribution in [0.1, 0.15) is 26.7 Å². The number of hydrogen-bond acceptors (Lipinski definition) is 2. The van der Waals surface area contributed by atoms with Gasteiger partial charge in [0, 0.05) is 37.5 Å². The van der Waals surface area contributed by atoms with Gasteiger partial charge in [0.05, 0.1) is 0 Å². The highest BCUT2D eigenvalue weighted by Gasteiger charge is 2.32. The Hall–Kier alpha value is -0.280. The Kier molecular flexibility index (Phi) is 4.41. The second-order valence-corrected chi connectivity index (χ2v) is 5.22. The van der Waals surface area contributed by atoms with Crippen molar-refractivity contribution < 1.29 is 4.79 Å². The molecule has 1 aliphatic heterocycles. The van der Waals surface area contributed by atoms with Crippen LogP contribution in [0.2, 0.25) is 0 Å². The van der Waals surface area contributed by atoms with E-state index in [-0.39, 0.29) is 11.4 Å². The number of carbonyl (C=O) groups is 1. The standard InChI is InChI=1S/C11H21ClN2O/c1-11(2)9-14(8-7-13(11)3)10(15)5-4-6-12/h4-9H2,1-3H3. The van der Waals surface area contributed by atoms with Crippen molar-refractivity contribution >= 4 is 17.5 Å². The smallest absolute Gasteiger partial charge is 0.222 e. The molecule has 0 spiro atoms. The molecule has 3 nitrogen and oxygen atoms in total. The van der Waals surface area contributed by atoms with Crippen LogP contribution in [0, 0.1) is 0 Å². The number of halogens is 1. The maximum atomic E-state index is 11.8. The van der Waals surface area contributed by atoms with Crippen LogP contribution in [0.25, 0.3) is 0 Å². The molecule has 0 unspecified atom stereocenters. The maximum absolute atomic E-state index is 11.8. The van der Waals surface area contributed by atoms with Crippen molar-refractivity contribution in [3.8, 4) is 0 Å². The average molecular weight is 233 g/mol. The number of amides is 1. The van der Waals surface area contributed by atoms with Crippen LogP contribution in [0.15, 0.2) is 0 Å². The summed E-state index contributed by atoms with van der Waals surface area (Å²) in [5.41, 5.74) is 0.0921. The lowest BCUT2D eigenvalue weighted by atomic mass is 9.99. The van der Waals surface area contributed by atoms with Crippen molar-refractivity contribution in [2.45, 2.75) is 32.2 Å². The Bertz CT molecular complexity index is 231. The molecule has 0 saturated carbocycles. The summed E-state index contributed by atoms with van der Waals surface area (Å²) in [6.07, 6.45) is 1.37. The Morgan fingerprint density at radius 2 is 2.07 bits per heavy atom. The van der Waals surface area contributed by atoms with Crippen LogP contribution < -0.4 is 0 Å². The molecule has 0 aromatic carbocycles. The summed E-state index contributed by atoms with van der Waals surface area (Å²) in [4.78, 5) is 16.1. The normalized spacial score (nSPS) is 21.7. The minimum absolute atomic E-state index is 0.0921. The summed E-state index contributed by atoms with van der Waals surface area (Å²) in [5.74, 6) is 0.819. The van der Waals surface area contributed by atoms with E-state index in [0.717, 1.165) is 26.1 Å². The largest absolute Gasteiger partial charge is 0.340 e. The lowest BCUT2D eigenvalue weighted by Crippen LogP contribution is -2.58. The molecule has 0 radical (unpaired) electrons. The Morgan fingerprint density at radius 1 is 1.40 bits per heavy atom. The first-order chi connectivity index (χ1) is 6.97. The topological polar surface area (TPSA) is 23.6 Å². The fourth-order valence-electron chi connectivity index (χ4n) is 1.83. The first-order valence-electron chi connectivity index (χ1n) is 5.52. The molecule has 1 fully saturated rings. The van der Waals surface area contributed by atoms with Crippen LogP contribution in [0.5, 0.6) is 0 Å². The van der Waals surface area contributed by atoms with Crippen molar-refractivity contribution in [1.29, 1.82) is 0 Å². The van der Waals surface area contributed by atoms with Crippen LogP contribution in [0.4, 0.5) is 0 Å². The van der Waals surface area contributed by atoms with Crippen molar-refractivity contribution in [2.24, 2.45) is 0 Å². The Morgan fingerprint density at radius 3 is 2.60 bits per heavy atom. The highest BCUT2D eigenvalue weighted by molar-refractivity contribution is 6.17. The molecule has 4 heteroatoms. The molecule has 0 aromatic rings. The third-order valence-corrected chi connectivity index (χ3v) is 3.46. The highest BCUT2D eigenvalue weighted by atomic mass is 35.5. The average Bonchev–Trinajstić information content (AvgIpc) is 2.18. The Labute approximate surface area is 97.4 Å². The number of nitrogens with zero attached hydrogens (tertiary/aromatic N) is 2. The van der Waals surface area contributed by atoms with Crippen molar-refractivity contribution in [3.63, 3.8) is 0 Å². The molecule has 1 heterocycles. The van der Waals surface area contributed by atoms with Crippen LogP contribution in [-0.4, -0.2) is 53.8 Å². The molecule has 0 bridgehead atoms. The monoisotopic (exact) mass is 232 g/mol. The van der Waals surface area contributed by atoms with E-state index in [1.807, 2.05) is 4.90 Å². The molecular weight excluding hydrogens is 212 g/mol. The van der Waals surface area contributed by atoms with Crippen LogP contribution in [-0.2, 0) is 4.79 Å². The third kappa shape index (κ3) is 3.35. The van der Waals surface area contributed by atoms with Gasteiger partial charge in [-0.05, 0) is 27.3 Å². The minimum atomic E-state index is 0.0921.